The molecule has 8 heteroatoms. The van der Waals surface area contributed by atoms with Crippen LogP contribution in [-0.4, -0.2) is 28.3 Å². The molecular formula is C21H20N4O3S. The number of hydrogen-bond acceptors (Lipinski definition) is 6. The van der Waals surface area contributed by atoms with Crippen LogP contribution in [0.15, 0.2) is 48.7 Å². The molecule has 148 valence electrons. The van der Waals surface area contributed by atoms with Gasteiger partial charge in [-0.15, -0.1) is 0 Å². The predicted octanol–water partition coefficient (Wildman–Crippen LogP) is 3.49. The van der Waals surface area contributed by atoms with E-state index in [-0.39, 0.29) is 17.7 Å². The predicted molar refractivity (Wildman–Crippen MR) is 111 cm³/mol. The second-order valence-corrected chi connectivity index (χ2v) is 7.52. The molecule has 1 aromatic carbocycles. The van der Waals surface area contributed by atoms with Crippen LogP contribution in [0, 0.1) is 5.92 Å². The molecule has 29 heavy (non-hydrogen) atoms. The van der Waals surface area contributed by atoms with Gasteiger partial charge in [0.1, 0.15) is 16.3 Å². The first kappa shape index (κ1) is 19.1. The zero-order valence-corrected chi connectivity index (χ0v) is 16.7. The molecule has 0 unspecified atom stereocenters. The standard InChI is InChI=1S/C21H20N4O3S/c1-28-15-6-4-5-13(11-15)12-23-21(27)19-18(24-20(26)14-8-9-14)17(25-29-19)16-7-2-3-10-22-16/h2-7,10-11,14H,8-9,12H2,1H3,(H,23,27)(H,24,26). The maximum atomic E-state index is 12.9. The molecule has 2 aromatic heterocycles. The second-order valence-electron chi connectivity index (χ2n) is 6.75. The van der Waals surface area contributed by atoms with Crippen molar-refractivity contribution in [1.29, 1.82) is 0 Å². The van der Waals surface area contributed by atoms with Gasteiger partial charge in [-0.1, -0.05) is 18.2 Å². The van der Waals surface area contributed by atoms with Crippen LogP contribution >= 0.6 is 11.5 Å². The van der Waals surface area contributed by atoms with E-state index in [2.05, 4.69) is 20.0 Å². The van der Waals surface area contributed by atoms with Gasteiger partial charge in [-0.05, 0) is 54.2 Å². The molecule has 7 nitrogen and oxygen atoms in total. The Bertz CT molecular complexity index is 1030. The van der Waals surface area contributed by atoms with Crippen molar-refractivity contribution in [1.82, 2.24) is 14.7 Å². The topological polar surface area (TPSA) is 93.2 Å². The summed E-state index contributed by atoms with van der Waals surface area (Å²) in [6.07, 6.45) is 3.41. The van der Waals surface area contributed by atoms with Crippen molar-refractivity contribution in [3.05, 3.63) is 59.1 Å². The van der Waals surface area contributed by atoms with E-state index in [9.17, 15) is 9.59 Å². The summed E-state index contributed by atoms with van der Waals surface area (Å²) >= 11 is 1.05. The van der Waals surface area contributed by atoms with Gasteiger partial charge in [-0.25, -0.2) is 0 Å². The number of ether oxygens (including phenoxy) is 1. The van der Waals surface area contributed by atoms with Crippen LogP contribution in [-0.2, 0) is 11.3 Å². The summed E-state index contributed by atoms with van der Waals surface area (Å²) in [6, 6.07) is 12.9. The lowest BCUT2D eigenvalue weighted by Crippen LogP contribution is -2.24. The molecule has 1 fully saturated rings. The lowest BCUT2D eigenvalue weighted by molar-refractivity contribution is -0.117. The molecule has 1 saturated carbocycles. The molecule has 2 N–H and O–H groups in total. The Kier molecular flexibility index (Phi) is 5.53. The average Bonchev–Trinajstić information content (AvgIpc) is 3.54. The van der Waals surface area contributed by atoms with Crippen molar-refractivity contribution >= 4 is 29.0 Å². The zero-order valence-electron chi connectivity index (χ0n) is 15.8. The number of carbonyl (C=O) groups is 2. The number of anilines is 1. The molecule has 0 atom stereocenters. The lowest BCUT2D eigenvalue weighted by Gasteiger charge is -2.09. The molecule has 1 aliphatic rings. The minimum Gasteiger partial charge on any atom is -0.497 e. The smallest absolute Gasteiger partial charge is 0.265 e. The van der Waals surface area contributed by atoms with Gasteiger partial charge in [0.2, 0.25) is 5.91 Å². The third-order valence-electron chi connectivity index (χ3n) is 4.59. The molecule has 3 aromatic rings. The summed E-state index contributed by atoms with van der Waals surface area (Å²) in [7, 11) is 1.60. The lowest BCUT2D eigenvalue weighted by atomic mass is 10.2. The van der Waals surface area contributed by atoms with Gasteiger partial charge in [0, 0.05) is 18.7 Å². The summed E-state index contributed by atoms with van der Waals surface area (Å²) in [6.45, 7) is 0.336. The SMILES string of the molecule is COc1cccc(CNC(=O)c2snc(-c3ccccn3)c2NC(=O)C2CC2)c1. The molecule has 2 amide bonds. The van der Waals surface area contributed by atoms with Crippen LogP contribution in [0.3, 0.4) is 0 Å². The van der Waals surface area contributed by atoms with Gasteiger partial charge in [0.15, 0.2) is 0 Å². The Labute approximate surface area is 172 Å². The highest BCUT2D eigenvalue weighted by Gasteiger charge is 2.32. The quantitative estimate of drug-likeness (QED) is 0.624. The fourth-order valence-electron chi connectivity index (χ4n) is 2.85. The number of pyridine rings is 1. The highest BCUT2D eigenvalue weighted by atomic mass is 32.1. The molecule has 0 saturated heterocycles. The first-order chi connectivity index (χ1) is 14.2. The van der Waals surface area contributed by atoms with Crippen LogP contribution in [0.1, 0.15) is 28.1 Å². The van der Waals surface area contributed by atoms with Gasteiger partial charge in [-0.2, -0.15) is 4.37 Å². The number of hydrogen-bond donors (Lipinski definition) is 2. The largest absolute Gasteiger partial charge is 0.497 e. The average molecular weight is 408 g/mol. The highest BCUT2D eigenvalue weighted by Crippen LogP contribution is 2.35. The monoisotopic (exact) mass is 408 g/mol. The van der Waals surface area contributed by atoms with E-state index in [1.165, 1.54) is 0 Å². The van der Waals surface area contributed by atoms with E-state index in [4.69, 9.17) is 4.74 Å². The zero-order chi connectivity index (χ0) is 20.2. The van der Waals surface area contributed by atoms with Gasteiger partial charge in [0.05, 0.1) is 18.5 Å². The van der Waals surface area contributed by atoms with E-state index in [1.54, 1.807) is 25.4 Å². The third kappa shape index (κ3) is 4.43. The molecule has 0 bridgehead atoms. The van der Waals surface area contributed by atoms with Crippen molar-refractivity contribution in [2.75, 3.05) is 12.4 Å². The number of benzene rings is 1. The second kappa shape index (κ2) is 8.40. The maximum Gasteiger partial charge on any atom is 0.265 e. The Morgan fingerprint density at radius 1 is 1.21 bits per heavy atom. The number of amides is 2. The third-order valence-corrected chi connectivity index (χ3v) is 5.44. The van der Waals surface area contributed by atoms with Crippen LogP contribution < -0.4 is 15.4 Å². The van der Waals surface area contributed by atoms with E-state index in [1.807, 2.05) is 30.3 Å². The normalized spacial score (nSPS) is 13.0. The first-order valence-corrected chi connectivity index (χ1v) is 10.1. The van der Waals surface area contributed by atoms with Crippen LogP contribution in [0.25, 0.3) is 11.4 Å². The summed E-state index contributed by atoms with van der Waals surface area (Å²) < 4.78 is 9.62. The number of nitrogens with zero attached hydrogens (tertiary/aromatic N) is 2. The molecule has 1 aliphatic carbocycles. The van der Waals surface area contributed by atoms with Gasteiger partial charge in [0.25, 0.3) is 5.91 Å². The maximum absolute atomic E-state index is 12.9. The minimum atomic E-state index is -0.293. The van der Waals surface area contributed by atoms with E-state index in [0.717, 1.165) is 35.7 Å². The summed E-state index contributed by atoms with van der Waals surface area (Å²) in [4.78, 5) is 29.9. The Morgan fingerprint density at radius 3 is 2.79 bits per heavy atom. The summed E-state index contributed by atoms with van der Waals surface area (Å²) in [5.74, 6) is 0.367. The van der Waals surface area contributed by atoms with E-state index in [0.29, 0.717) is 28.5 Å². The fraction of sp³-hybridized carbons (Fsp3) is 0.238. The Morgan fingerprint density at radius 2 is 2.07 bits per heavy atom. The molecule has 0 radical (unpaired) electrons. The molecule has 0 aliphatic heterocycles. The minimum absolute atomic E-state index is 0.0131. The Hall–Kier alpha value is -3.26. The number of carbonyl (C=O) groups excluding carboxylic acids is 2. The van der Waals surface area contributed by atoms with Crippen LogP contribution in [0.5, 0.6) is 5.75 Å². The van der Waals surface area contributed by atoms with Crippen LogP contribution in [0.2, 0.25) is 0 Å². The molecule has 4 rings (SSSR count). The molecule has 0 spiro atoms. The van der Waals surface area contributed by atoms with Gasteiger partial charge < -0.3 is 15.4 Å². The van der Waals surface area contributed by atoms with Gasteiger partial charge in [-0.3, -0.25) is 14.6 Å². The summed E-state index contributed by atoms with van der Waals surface area (Å²) in [5, 5.41) is 5.80. The van der Waals surface area contributed by atoms with Crippen molar-refractivity contribution < 1.29 is 14.3 Å². The summed E-state index contributed by atoms with van der Waals surface area (Å²) in [5.41, 5.74) is 2.46. The van der Waals surface area contributed by atoms with Crippen LogP contribution in [0.4, 0.5) is 5.69 Å². The highest BCUT2D eigenvalue weighted by molar-refractivity contribution is 7.09. The van der Waals surface area contributed by atoms with E-state index < -0.39 is 0 Å². The molecule has 2 heterocycles. The number of aromatic nitrogens is 2. The number of nitrogens with one attached hydrogen (secondary N) is 2. The molecular weight excluding hydrogens is 388 g/mol. The fourth-order valence-corrected chi connectivity index (χ4v) is 3.62. The first-order valence-electron chi connectivity index (χ1n) is 9.29. The number of rotatable bonds is 7. The van der Waals surface area contributed by atoms with Crippen molar-refractivity contribution in [3.8, 4) is 17.1 Å². The van der Waals surface area contributed by atoms with E-state index >= 15 is 0 Å². The van der Waals surface area contributed by atoms with Gasteiger partial charge >= 0.3 is 0 Å². The Balaban J connectivity index is 1.57. The number of methoxy groups -OCH3 is 1. The van der Waals surface area contributed by atoms with Crippen molar-refractivity contribution in [2.24, 2.45) is 5.92 Å². The van der Waals surface area contributed by atoms with Crippen molar-refractivity contribution in [2.45, 2.75) is 19.4 Å². The van der Waals surface area contributed by atoms with Crippen molar-refractivity contribution in [3.63, 3.8) is 0 Å².